The number of ether oxygens (including phenoxy) is 1. The first-order valence-electron chi connectivity index (χ1n) is 9.32. The van der Waals surface area contributed by atoms with Crippen molar-refractivity contribution in [1.29, 1.82) is 0 Å². The Bertz CT molecular complexity index is 833. The highest BCUT2D eigenvalue weighted by atomic mass is 28.4. The van der Waals surface area contributed by atoms with Crippen molar-refractivity contribution in [3.8, 4) is 0 Å². The van der Waals surface area contributed by atoms with Crippen molar-refractivity contribution in [3.05, 3.63) is 44.8 Å². The van der Waals surface area contributed by atoms with Gasteiger partial charge in [-0.25, -0.2) is 4.79 Å². The van der Waals surface area contributed by atoms with Crippen molar-refractivity contribution >= 4 is 8.32 Å². The van der Waals surface area contributed by atoms with E-state index in [9.17, 15) is 9.59 Å². The summed E-state index contributed by atoms with van der Waals surface area (Å²) < 4.78 is 14.5. The molecule has 6 nitrogen and oxygen atoms in total. The second-order valence-corrected chi connectivity index (χ2v) is 13.8. The van der Waals surface area contributed by atoms with E-state index in [1.165, 1.54) is 4.57 Å². The number of hydrogen-bond donors (Lipinski definition) is 1. The molecule has 1 spiro atoms. The van der Waals surface area contributed by atoms with Crippen LogP contribution in [-0.4, -0.2) is 29.6 Å². The molecule has 3 atom stereocenters. The smallest absolute Gasteiger partial charge is 0.330 e. The maximum Gasteiger partial charge on any atom is 0.330 e. The molecule has 1 saturated carbocycles. The third-order valence-corrected chi connectivity index (χ3v) is 10.6. The maximum atomic E-state index is 12.2. The van der Waals surface area contributed by atoms with Gasteiger partial charge in [-0.3, -0.25) is 14.3 Å². The van der Waals surface area contributed by atoms with E-state index < -0.39 is 25.8 Å². The van der Waals surface area contributed by atoms with E-state index in [0.717, 1.165) is 19.3 Å². The molecule has 1 aromatic rings. The normalized spacial score (nSPS) is 29.0. The number of nitrogens with one attached hydrogen (secondary N) is 1. The Balaban J connectivity index is 1.85. The summed E-state index contributed by atoms with van der Waals surface area (Å²) in [6, 6.07) is 0. The summed E-state index contributed by atoms with van der Waals surface area (Å²) in [7, 11) is -1.92. The highest BCUT2D eigenvalue weighted by molar-refractivity contribution is 6.74. The van der Waals surface area contributed by atoms with Gasteiger partial charge in [-0.1, -0.05) is 20.8 Å². The van der Waals surface area contributed by atoms with E-state index in [-0.39, 0.29) is 16.7 Å². The van der Waals surface area contributed by atoms with Gasteiger partial charge in [0.2, 0.25) is 0 Å². The Morgan fingerprint density at radius 2 is 2.04 bits per heavy atom. The molecule has 0 aromatic carbocycles. The van der Waals surface area contributed by atoms with Crippen molar-refractivity contribution < 1.29 is 9.16 Å². The Labute approximate surface area is 155 Å². The van der Waals surface area contributed by atoms with Crippen LogP contribution in [0.25, 0.3) is 0 Å². The van der Waals surface area contributed by atoms with Crippen LogP contribution in [0.2, 0.25) is 18.1 Å². The lowest BCUT2D eigenvalue weighted by molar-refractivity contribution is -0.102. The van der Waals surface area contributed by atoms with Gasteiger partial charge in [-0.15, -0.1) is 0 Å². The number of aromatic amines is 1. The number of nitrogens with zero attached hydrogens (tertiary/aromatic N) is 1. The SMILES string of the molecule is Cc1cn([C@H]2C=C[C@]3(CCC[C@H]3O[Si](C)(C)C(C)(C)C)O2)c(=O)[nH]c1=O. The molecular formula is C19H30N2O4Si. The fraction of sp³-hybridized carbons (Fsp3) is 0.684. The average Bonchev–Trinajstić information content (AvgIpc) is 3.10. The topological polar surface area (TPSA) is 73.3 Å². The third-order valence-electron chi connectivity index (χ3n) is 6.13. The molecule has 1 aliphatic heterocycles. The lowest BCUT2D eigenvalue weighted by Crippen LogP contribution is -2.50. The van der Waals surface area contributed by atoms with Crippen LogP contribution in [0.4, 0.5) is 0 Å². The lowest BCUT2D eigenvalue weighted by Gasteiger charge is -2.42. The quantitative estimate of drug-likeness (QED) is 0.647. The zero-order valence-corrected chi connectivity index (χ0v) is 17.6. The molecule has 3 rings (SSSR count). The number of rotatable bonds is 3. The molecule has 26 heavy (non-hydrogen) atoms. The minimum atomic E-state index is -1.92. The number of H-pyrrole nitrogens is 1. The second kappa shape index (κ2) is 6.32. The van der Waals surface area contributed by atoms with Crippen molar-refractivity contribution in [1.82, 2.24) is 9.55 Å². The van der Waals surface area contributed by atoms with Gasteiger partial charge in [0.15, 0.2) is 14.5 Å². The number of aryl methyl sites for hydroxylation is 1. The first kappa shape index (κ1) is 19.3. The van der Waals surface area contributed by atoms with Crippen molar-refractivity contribution in [2.75, 3.05) is 0 Å². The third kappa shape index (κ3) is 3.28. The van der Waals surface area contributed by atoms with Crippen molar-refractivity contribution in [3.63, 3.8) is 0 Å². The molecule has 0 saturated heterocycles. The van der Waals surface area contributed by atoms with Crippen LogP contribution < -0.4 is 11.2 Å². The average molecular weight is 379 g/mol. The molecule has 0 unspecified atom stereocenters. The van der Waals surface area contributed by atoms with E-state index >= 15 is 0 Å². The van der Waals surface area contributed by atoms with Crippen LogP contribution in [0.15, 0.2) is 27.9 Å². The van der Waals surface area contributed by atoms with E-state index in [1.54, 1.807) is 13.1 Å². The standard InChI is InChI=1S/C19H30N2O4Si/c1-13-12-21(17(23)20-16(13)22)15-9-11-19(24-15)10-7-8-14(19)25-26(5,6)18(2,3)4/h9,11-12,14-15H,7-8,10H2,1-6H3,(H,20,22,23)/t14-,15-,19+/m1/s1. The molecule has 1 aromatic heterocycles. The van der Waals surface area contributed by atoms with Gasteiger partial charge in [0.05, 0.1) is 6.10 Å². The van der Waals surface area contributed by atoms with Crippen molar-refractivity contribution in [2.45, 2.75) is 83.0 Å². The van der Waals surface area contributed by atoms with Gasteiger partial charge in [-0.2, -0.15) is 0 Å². The Hall–Kier alpha value is -1.44. The van der Waals surface area contributed by atoms with Crippen LogP contribution in [0, 0.1) is 6.92 Å². The maximum absolute atomic E-state index is 12.2. The monoisotopic (exact) mass is 378 g/mol. The van der Waals surface area contributed by atoms with Crippen LogP contribution in [0.1, 0.15) is 51.8 Å². The summed E-state index contributed by atoms with van der Waals surface area (Å²) in [5, 5.41) is 0.130. The second-order valence-electron chi connectivity index (χ2n) is 9.06. The van der Waals surface area contributed by atoms with Gasteiger partial charge in [0, 0.05) is 11.8 Å². The minimum Gasteiger partial charge on any atom is -0.411 e. The van der Waals surface area contributed by atoms with Gasteiger partial charge in [0.1, 0.15) is 5.60 Å². The number of aromatic nitrogens is 2. The molecule has 0 bridgehead atoms. The van der Waals surface area contributed by atoms with E-state index in [1.807, 2.05) is 6.08 Å². The minimum absolute atomic E-state index is 0.00389. The highest BCUT2D eigenvalue weighted by Gasteiger charge is 2.51. The van der Waals surface area contributed by atoms with Gasteiger partial charge < -0.3 is 9.16 Å². The summed E-state index contributed by atoms with van der Waals surface area (Å²) in [6.07, 6.45) is 7.91. The first-order chi connectivity index (χ1) is 12.0. The van der Waals surface area contributed by atoms with E-state index in [4.69, 9.17) is 9.16 Å². The summed E-state index contributed by atoms with van der Waals surface area (Å²) in [4.78, 5) is 26.2. The molecule has 1 N–H and O–H groups in total. The lowest BCUT2D eigenvalue weighted by atomic mass is 10.0. The summed E-state index contributed by atoms with van der Waals surface area (Å²) in [5.41, 5.74) is -0.804. The first-order valence-corrected chi connectivity index (χ1v) is 12.2. The Morgan fingerprint density at radius 3 is 2.69 bits per heavy atom. The van der Waals surface area contributed by atoms with Gasteiger partial charge >= 0.3 is 5.69 Å². The van der Waals surface area contributed by atoms with Crippen LogP contribution in [0.5, 0.6) is 0 Å². The largest absolute Gasteiger partial charge is 0.411 e. The van der Waals surface area contributed by atoms with Crippen LogP contribution in [0.3, 0.4) is 0 Å². The summed E-state index contributed by atoms with van der Waals surface area (Å²) in [6.45, 7) is 12.9. The molecule has 1 aliphatic carbocycles. The molecule has 2 heterocycles. The van der Waals surface area contributed by atoms with E-state index in [0.29, 0.717) is 5.56 Å². The molecular weight excluding hydrogens is 348 g/mol. The Morgan fingerprint density at radius 1 is 1.35 bits per heavy atom. The predicted molar refractivity (Wildman–Crippen MR) is 104 cm³/mol. The summed E-state index contributed by atoms with van der Waals surface area (Å²) in [5.74, 6) is 0. The molecule has 1 fully saturated rings. The predicted octanol–water partition coefficient (Wildman–Crippen LogP) is 3.24. The fourth-order valence-corrected chi connectivity index (χ4v) is 4.84. The zero-order chi connectivity index (χ0) is 19.3. The zero-order valence-electron chi connectivity index (χ0n) is 16.6. The Kier molecular flexibility index (Phi) is 4.70. The van der Waals surface area contributed by atoms with E-state index in [2.05, 4.69) is 44.9 Å². The molecule has 7 heteroatoms. The molecule has 0 radical (unpaired) electrons. The highest BCUT2D eigenvalue weighted by Crippen LogP contribution is 2.47. The molecule has 2 aliphatic rings. The number of hydrogen-bond acceptors (Lipinski definition) is 4. The van der Waals surface area contributed by atoms with Crippen LogP contribution in [-0.2, 0) is 9.16 Å². The fourth-order valence-electron chi connectivity index (χ4n) is 3.46. The van der Waals surface area contributed by atoms with Gasteiger partial charge in [0.25, 0.3) is 5.56 Å². The summed E-state index contributed by atoms with van der Waals surface area (Å²) >= 11 is 0. The molecule has 0 amide bonds. The van der Waals surface area contributed by atoms with Crippen LogP contribution >= 0.6 is 0 Å². The molecule has 144 valence electrons. The van der Waals surface area contributed by atoms with Crippen molar-refractivity contribution in [2.24, 2.45) is 0 Å². The van der Waals surface area contributed by atoms with Gasteiger partial charge in [-0.05, 0) is 56.5 Å².